The lowest BCUT2D eigenvalue weighted by Crippen LogP contribution is -2.44. The van der Waals surface area contributed by atoms with Crippen molar-refractivity contribution in [3.05, 3.63) is 22.4 Å². The van der Waals surface area contributed by atoms with Crippen LogP contribution in [0.3, 0.4) is 0 Å². The fourth-order valence-corrected chi connectivity index (χ4v) is 6.04. The predicted molar refractivity (Wildman–Crippen MR) is 114 cm³/mol. The molecule has 1 saturated heterocycles. The van der Waals surface area contributed by atoms with Gasteiger partial charge in [-0.05, 0) is 30.7 Å². The van der Waals surface area contributed by atoms with E-state index >= 15 is 0 Å². The Morgan fingerprint density at radius 3 is 2.77 bits per heavy atom. The van der Waals surface area contributed by atoms with Gasteiger partial charge in [0.05, 0.1) is 5.75 Å². The van der Waals surface area contributed by atoms with Gasteiger partial charge in [0, 0.05) is 49.1 Å². The molecule has 0 saturated carbocycles. The van der Waals surface area contributed by atoms with E-state index in [9.17, 15) is 8.42 Å². The van der Waals surface area contributed by atoms with Gasteiger partial charge in [0.1, 0.15) is 0 Å². The summed E-state index contributed by atoms with van der Waals surface area (Å²) in [5, 5.41) is 8.45. The molecule has 2 N–H and O–H groups in total. The number of nitrogens with zero attached hydrogens (tertiary/aromatic N) is 2. The number of rotatable bonds is 9. The Hall–Kier alpha value is -0.770. The topological polar surface area (TPSA) is 73.8 Å². The summed E-state index contributed by atoms with van der Waals surface area (Å²) < 4.78 is 26.4. The number of sulfonamides is 1. The maximum atomic E-state index is 12.4. The Balaban J connectivity index is 1.79. The first-order valence-corrected chi connectivity index (χ1v) is 12.8. The van der Waals surface area contributed by atoms with Crippen LogP contribution in [0.4, 0.5) is 0 Å². The van der Waals surface area contributed by atoms with Crippen molar-refractivity contribution < 1.29 is 8.42 Å². The van der Waals surface area contributed by atoms with Crippen molar-refractivity contribution in [3.8, 4) is 0 Å². The van der Waals surface area contributed by atoms with Crippen LogP contribution in [0.25, 0.3) is 0 Å². The molecule has 0 spiro atoms. The molecular formula is C17H30N4O2S3. The first-order chi connectivity index (χ1) is 12.5. The van der Waals surface area contributed by atoms with Crippen molar-refractivity contribution in [1.82, 2.24) is 14.9 Å². The van der Waals surface area contributed by atoms with Crippen molar-refractivity contribution >= 4 is 39.1 Å². The number of thioether (sulfide) groups is 1. The molecule has 9 heteroatoms. The third-order valence-electron chi connectivity index (χ3n) is 4.05. The van der Waals surface area contributed by atoms with Crippen molar-refractivity contribution in [2.24, 2.45) is 10.9 Å². The van der Waals surface area contributed by atoms with E-state index in [2.05, 4.69) is 40.1 Å². The van der Waals surface area contributed by atoms with E-state index < -0.39 is 10.0 Å². The van der Waals surface area contributed by atoms with E-state index in [4.69, 9.17) is 0 Å². The average Bonchev–Trinajstić information content (AvgIpc) is 3.13. The Bertz CT molecular complexity index is 641. The van der Waals surface area contributed by atoms with Crippen molar-refractivity contribution in [3.63, 3.8) is 0 Å². The molecule has 1 aromatic heterocycles. The standard InChI is InChI=1S/C17H30N4O2S3/c1-3-18-17(20-14-15(2)13-16-5-4-9-25-16)19-6-12-26(22,23)21-7-10-24-11-8-21/h4-5,9,15H,3,6-8,10-14H2,1-2H3,(H2,18,19,20). The van der Waals surface area contributed by atoms with Crippen LogP contribution in [0.1, 0.15) is 18.7 Å². The summed E-state index contributed by atoms with van der Waals surface area (Å²) in [6, 6.07) is 4.22. The minimum absolute atomic E-state index is 0.104. The summed E-state index contributed by atoms with van der Waals surface area (Å²) in [7, 11) is -3.18. The van der Waals surface area contributed by atoms with Gasteiger partial charge < -0.3 is 10.6 Å². The number of nitrogens with one attached hydrogen (secondary N) is 2. The molecule has 0 aromatic carbocycles. The molecule has 1 aliphatic heterocycles. The maximum absolute atomic E-state index is 12.4. The molecular weight excluding hydrogens is 388 g/mol. The minimum atomic E-state index is -3.18. The molecule has 0 aliphatic carbocycles. The smallest absolute Gasteiger partial charge is 0.215 e. The van der Waals surface area contributed by atoms with Crippen LogP contribution in [0.2, 0.25) is 0 Å². The Kier molecular flexibility index (Phi) is 9.24. The van der Waals surface area contributed by atoms with Crippen molar-refractivity contribution in [2.45, 2.75) is 20.3 Å². The molecule has 0 radical (unpaired) electrons. The third-order valence-corrected chi connectivity index (χ3v) is 7.76. The van der Waals surface area contributed by atoms with E-state index in [1.165, 1.54) is 4.88 Å². The largest absolute Gasteiger partial charge is 0.357 e. The Morgan fingerprint density at radius 2 is 2.12 bits per heavy atom. The summed E-state index contributed by atoms with van der Waals surface area (Å²) in [6.45, 7) is 7.28. The number of hydrogen-bond donors (Lipinski definition) is 2. The summed E-state index contributed by atoms with van der Waals surface area (Å²) >= 11 is 3.58. The van der Waals surface area contributed by atoms with Gasteiger partial charge in [-0.15, -0.1) is 11.3 Å². The molecule has 2 rings (SSSR count). The molecule has 148 valence electrons. The van der Waals surface area contributed by atoms with E-state index in [1.807, 2.05) is 18.7 Å². The van der Waals surface area contributed by atoms with E-state index in [-0.39, 0.29) is 5.75 Å². The molecule has 1 atom stereocenters. The van der Waals surface area contributed by atoms with Gasteiger partial charge >= 0.3 is 0 Å². The van der Waals surface area contributed by atoms with Crippen molar-refractivity contribution in [2.75, 3.05) is 50.0 Å². The van der Waals surface area contributed by atoms with Gasteiger partial charge in [0.15, 0.2) is 5.96 Å². The molecule has 6 nitrogen and oxygen atoms in total. The fraction of sp³-hybridized carbons (Fsp3) is 0.706. The molecule has 1 unspecified atom stereocenters. The fourth-order valence-electron chi connectivity index (χ4n) is 2.68. The zero-order chi connectivity index (χ0) is 18.8. The minimum Gasteiger partial charge on any atom is -0.357 e. The van der Waals surface area contributed by atoms with Gasteiger partial charge in [-0.2, -0.15) is 11.8 Å². The number of guanidine groups is 1. The monoisotopic (exact) mass is 418 g/mol. The number of thiophene rings is 1. The Labute approximate surface area is 165 Å². The van der Waals surface area contributed by atoms with Crippen molar-refractivity contribution in [1.29, 1.82) is 0 Å². The van der Waals surface area contributed by atoms with Crippen LogP contribution in [0, 0.1) is 5.92 Å². The molecule has 26 heavy (non-hydrogen) atoms. The van der Waals surface area contributed by atoms with Gasteiger partial charge in [-0.1, -0.05) is 13.0 Å². The quantitative estimate of drug-likeness (QED) is 0.473. The van der Waals surface area contributed by atoms with Crippen LogP contribution in [-0.2, 0) is 16.4 Å². The van der Waals surface area contributed by atoms with E-state index in [1.54, 1.807) is 15.6 Å². The predicted octanol–water partition coefficient (Wildman–Crippen LogP) is 1.86. The average molecular weight is 419 g/mol. The van der Waals surface area contributed by atoms with E-state index in [0.717, 1.165) is 24.5 Å². The second kappa shape index (κ2) is 11.2. The van der Waals surface area contributed by atoms with Gasteiger partial charge in [0.2, 0.25) is 10.0 Å². The summed E-state index contributed by atoms with van der Waals surface area (Å²) in [5.41, 5.74) is 0. The summed E-state index contributed by atoms with van der Waals surface area (Å²) in [6.07, 6.45) is 1.02. The van der Waals surface area contributed by atoms with Gasteiger partial charge in [0.25, 0.3) is 0 Å². The SMILES string of the molecule is CCNC(=NCC(C)Cc1cccs1)NCCS(=O)(=O)N1CCSCC1. The highest BCUT2D eigenvalue weighted by molar-refractivity contribution is 7.99. The molecule has 2 heterocycles. The lowest BCUT2D eigenvalue weighted by molar-refractivity contribution is 0.443. The zero-order valence-corrected chi connectivity index (χ0v) is 18.1. The van der Waals surface area contributed by atoms with Crippen LogP contribution in [0.5, 0.6) is 0 Å². The molecule has 1 aliphatic rings. The molecule has 0 bridgehead atoms. The maximum Gasteiger partial charge on any atom is 0.215 e. The highest BCUT2D eigenvalue weighted by Crippen LogP contribution is 2.15. The molecule has 1 fully saturated rings. The van der Waals surface area contributed by atoms with Crippen LogP contribution >= 0.6 is 23.1 Å². The van der Waals surface area contributed by atoms with Crippen LogP contribution < -0.4 is 10.6 Å². The number of aliphatic imine (C=N–C) groups is 1. The highest BCUT2D eigenvalue weighted by Gasteiger charge is 2.23. The number of hydrogen-bond acceptors (Lipinski definition) is 5. The van der Waals surface area contributed by atoms with Gasteiger partial charge in [-0.3, -0.25) is 4.99 Å². The summed E-state index contributed by atoms with van der Waals surface area (Å²) in [4.78, 5) is 5.99. The second-order valence-electron chi connectivity index (χ2n) is 6.36. The van der Waals surface area contributed by atoms with Gasteiger partial charge in [-0.25, -0.2) is 12.7 Å². The Morgan fingerprint density at radius 1 is 1.35 bits per heavy atom. The van der Waals surface area contributed by atoms with Crippen LogP contribution in [-0.4, -0.2) is 68.7 Å². The van der Waals surface area contributed by atoms with Crippen LogP contribution in [0.15, 0.2) is 22.5 Å². The van der Waals surface area contributed by atoms with E-state index in [0.29, 0.717) is 38.1 Å². The normalized spacial score (nSPS) is 17.8. The molecule has 1 aromatic rings. The first-order valence-electron chi connectivity index (χ1n) is 9.11. The second-order valence-corrected chi connectivity index (χ2v) is 10.7. The molecule has 0 amide bonds. The highest BCUT2D eigenvalue weighted by atomic mass is 32.2. The lowest BCUT2D eigenvalue weighted by Gasteiger charge is -2.25. The summed E-state index contributed by atoms with van der Waals surface area (Å²) in [5.74, 6) is 3.01. The lowest BCUT2D eigenvalue weighted by atomic mass is 10.1. The third kappa shape index (κ3) is 7.46. The zero-order valence-electron chi connectivity index (χ0n) is 15.6. The first kappa shape index (κ1) is 21.5.